The van der Waals surface area contributed by atoms with Crippen molar-refractivity contribution >= 4 is 11.9 Å². The zero-order valence-corrected chi connectivity index (χ0v) is 8.06. The van der Waals surface area contributed by atoms with Crippen LogP contribution in [0.5, 0.6) is 0 Å². The minimum absolute atomic E-state index is 0. The largest absolute Gasteiger partial charge is 2.00 e. The number of hydrogen-bond donors (Lipinski definition) is 2. The van der Waals surface area contributed by atoms with Crippen LogP contribution in [0.15, 0.2) is 0 Å². The number of rotatable bonds is 2. The molecule has 6 nitrogen and oxygen atoms in total. The summed E-state index contributed by atoms with van der Waals surface area (Å²) in [6.45, 7) is 2.27. The fourth-order valence-corrected chi connectivity index (χ4v) is 0. The predicted molar refractivity (Wildman–Crippen MR) is 33.4 cm³/mol. The first-order chi connectivity index (χ1) is 5.29. The zero-order valence-electron chi connectivity index (χ0n) is 7.02. The maximum atomic E-state index is 9.34. The van der Waals surface area contributed by atoms with Crippen LogP contribution in [-0.4, -0.2) is 34.4 Å². The molecule has 2 atom stereocenters. The number of hydrogen-bond acceptors (Lipinski definition) is 6. The molecule has 0 fully saturated rings. The summed E-state index contributed by atoms with van der Waals surface area (Å²) in [5.74, 6) is -2.87. The van der Waals surface area contributed by atoms with Crippen LogP contribution in [0.2, 0.25) is 0 Å². The molecule has 0 aromatic heterocycles. The molecule has 0 rings (SSSR count). The molecule has 1 radical (unpaired) electrons. The van der Waals surface area contributed by atoms with Crippen molar-refractivity contribution in [1.29, 1.82) is 0 Å². The second kappa shape index (κ2) is 9.45. The van der Waals surface area contributed by atoms with Crippen molar-refractivity contribution in [2.24, 2.45) is 0 Å². The molecule has 0 aliphatic rings. The summed E-state index contributed by atoms with van der Waals surface area (Å²) < 4.78 is 0. The summed E-state index contributed by atoms with van der Waals surface area (Å²) in [4.78, 5) is 18.7. The van der Waals surface area contributed by atoms with Gasteiger partial charge in [0.15, 0.2) is 0 Å². The van der Waals surface area contributed by atoms with Crippen LogP contribution in [0.4, 0.5) is 0 Å². The summed E-state index contributed by atoms with van der Waals surface area (Å²) in [6.07, 6.45) is -2.69. The molecule has 0 bridgehead atoms. The number of aliphatic hydroxyl groups excluding tert-OH is 2. The third-order valence-corrected chi connectivity index (χ3v) is 0.682. The number of carboxylic acid groups (broad SMARTS) is 2. The maximum Gasteiger partial charge on any atom is 2.00 e. The number of carbonyl (C=O) groups excluding carboxylic acids is 2. The molecule has 79 valence electrons. The van der Waals surface area contributed by atoms with Gasteiger partial charge in [-0.2, -0.15) is 0 Å². The van der Waals surface area contributed by atoms with Gasteiger partial charge in [-0.25, -0.2) is 0 Å². The molecular weight excluding hydrogens is 227 g/mol. The van der Waals surface area contributed by atoms with E-state index in [-0.39, 0.29) is 16.8 Å². The number of aliphatic hydroxyl groups is 2. The second-order valence-electron chi connectivity index (χ2n) is 1.99. The topological polar surface area (TPSA) is 121 Å². The molecule has 2 unspecified atom stereocenters. The van der Waals surface area contributed by atoms with Gasteiger partial charge < -0.3 is 30.0 Å². The summed E-state index contributed by atoms with van der Waals surface area (Å²) in [7, 11) is 0. The summed E-state index contributed by atoms with van der Waals surface area (Å²) in [5, 5.41) is 34.6. The Hall–Kier alpha value is -0.634. The van der Waals surface area contributed by atoms with Gasteiger partial charge in [0.1, 0.15) is 0 Å². The molecule has 0 saturated heterocycles. The molecule has 0 saturated carbocycles. The number of aliphatic carboxylic acids is 2. The monoisotopic (exact) mass is 237 g/mol. The maximum absolute atomic E-state index is 9.34. The first-order valence-corrected chi connectivity index (χ1v) is 3.06. The molecule has 0 spiro atoms. The molecule has 0 aliphatic heterocycles. The number of carbonyl (C=O) groups is 2. The predicted octanol–water partition coefficient (Wildman–Crippen LogP) is -3.77. The van der Waals surface area contributed by atoms with E-state index in [0.29, 0.717) is 0 Å². The Balaban J connectivity index is -0.000000143. The third kappa shape index (κ3) is 18.4. The minimum Gasteiger partial charge on any atom is -0.547 e. The van der Waals surface area contributed by atoms with Crippen LogP contribution in [0.3, 0.4) is 0 Å². The van der Waals surface area contributed by atoms with Gasteiger partial charge in [0.25, 0.3) is 0 Å². The molecule has 0 heterocycles. The average molecular weight is 237 g/mol. The molecule has 13 heavy (non-hydrogen) atoms. The van der Waals surface area contributed by atoms with Gasteiger partial charge in [0.05, 0.1) is 24.1 Å². The van der Waals surface area contributed by atoms with E-state index in [1.807, 2.05) is 0 Å². The van der Waals surface area contributed by atoms with Crippen molar-refractivity contribution in [3.8, 4) is 0 Å². The molecule has 7 heteroatoms. The van der Waals surface area contributed by atoms with Gasteiger partial charge in [-0.1, -0.05) is 0 Å². The van der Waals surface area contributed by atoms with Crippen molar-refractivity contribution in [1.82, 2.24) is 0 Å². The third-order valence-electron chi connectivity index (χ3n) is 0.682. The van der Waals surface area contributed by atoms with Gasteiger partial charge in [-0.05, 0) is 13.8 Å². The Labute approximate surface area is 85.4 Å². The first-order valence-electron chi connectivity index (χ1n) is 3.06. The van der Waals surface area contributed by atoms with E-state index in [4.69, 9.17) is 10.2 Å². The van der Waals surface area contributed by atoms with E-state index >= 15 is 0 Å². The fraction of sp³-hybridized carbons (Fsp3) is 0.667. The minimum atomic E-state index is -1.44. The summed E-state index contributed by atoms with van der Waals surface area (Å²) in [6, 6.07) is 0. The van der Waals surface area contributed by atoms with E-state index in [0.717, 1.165) is 13.8 Å². The van der Waals surface area contributed by atoms with E-state index in [2.05, 4.69) is 0 Å². The summed E-state index contributed by atoms with van der Waals surface area (Å²) >= 11 is 0. The van der Waals surface area contributed by atoms with Crippen LogP contribution in [0, 0.1) is 0 Å². The van der Waals surface area contributed by atoms with Crippen LogP contribution < -0.4 is 10.2 Å². The van der Waals surface area contributed by atoms with Crippen molar-refractivity contribution in [3.63, 3.8) is 0 Å². The van der Waals surface area contributed by atoms with Crippen molar-refractivity contribution < 1.29 is 46.8 Å². The van der Waals surface area contributed by atoms with Crippen LogP contribution in [-0.2, 0) is 26.4 Å². The smallest absolute Gasteiger partial charge is 0.547 e. The molecular formula is C6H10CoO6. The number of carboxylic acids is 2. The van der Waals surface area contributed by atoms with Crippen molar-refractivity contribution in [3.05, 3.63) is 0 Å². The first kappa shape index (κ1) is 18.2. The van der Waals surface area contributed by atoms with Gasteiger partial charge in [-0.3, -0.25) is 0 Å². The Bertz CT molecular complexity index is 137. The molecule has 2 N–H and O–H groups in total. The Morgan fingerprint density at radius 3 is 1.08 bits per heavy atom. The Morgan fingerprint density at radius 2 is 1.08 bits per heavy atom. The molecule has 0 aromatic rings. The van der Waals surface area contributed by atoms with Crippen molar-refractivity contribution in [2.75, 3.05) is 0 Å². The van der Waals surface area contributed by atoms with E-state index in [1.54, 1.807) is 0 Å². The quantitative estimate of drug-likeness (QED) is 0.508. The molecule has 0 amide bonds. The second-order valence-corrected chi connectivity index (χ2v) is 1.99. The van der Waals surface area contributed by atoms with Gasteiger partial charge in [0, 0.05) is 0 Å². The van der Waals surface area contributed by atoms with Gasteiger partial charge >= 0.3 is 16.8 Å². The van der Waals surface area contributed by atoms with E-state index in [9.17, 15) is 19.8 Å². The summed E-state index contributed by atoms with van der Waals surface area (Å²) in [5.41, 5.74) is 0. The Kier molecular flexibility index (Phi) is 13.2. The van der Waals surface area contributed by atoms with Crippen molar-refractivity contribution in [2.45, 2.75) is 26.1 Å². The SMILES string of the molecule is CC(O)C(=O)[O-].CC(O)C(=O)[O-].[Co+2]. The van der Waals surface area contributed by atoms with Gasteiger partial charge in [0.2, 0.25) is 0 Å². The molecule has 0 aliphatic carbocycles. The normalized spacial score (nSPS) is 12.6. The average Bonchev–Trinajstić information content (AvgIpc) is 1.88. The van der Waals surface area contributed by atoms with E-state index in [1.165, 1.54) is 0 Å². The standard InChI is InChI=1S/2C3H6O3.Co/c2*1-2(4)3(5)6;/h2*2,4H,1H3,(H,5,6);/q;;+2/p-2. The van der Waals surface area contributed by atoms with E-state index < -0.39 is 24.1 Å². The van der Waals surface area contributed by atoms with Crippen LogP contribution in [0.25, 0.3) is 0 Å². The van der Waals surface area contributed by atoms with Crippen LogP contribution in [0.1, 0.15) is 13.8 Å². The molecule has 0 aromatic carbocycles. The van der Waals surface area contributed by atoms with Crippen LogP contribution >= 0.6 is 0 Å². The van der Waals surface area contributed by atoms with Gasteiger partial charge in [-0.15, -0.1) is 0 Å². The zero-order chi connectivity index (χ0) is 10.3. The Morgan fingerprint density at radius 1 is 1.00 bits per heavy atom. The fourth-order valence-electron chi connectivity index (χ4n) is 0.